The third-order valence-electron chi connectivity index (χ3n) is 7.37. The third-order valence-corrected chi connectivity index (χ3v) is 7.37. The van der Waals surface area contributed by atoms with E-state index >= 15 is 0 Å². The summed E-state index contributed by atoms with van der Waals surface area (Å²) in [6.07, 6.45) is 7.11. The van der Waals surface area contributed by atoms with E-state index in [-0.39, 0.29) is 11.5 Å². The highest BCUT2D eigenvalue weighted by molar-refractivity contribution is 5.98. The van der Waals surface area contributed by atoms with Crippen molar-refractivity contribution < 1.29 is 9.53 Å². The number of para-hydroxylation sites is 1. The molecule has 39 heavy (non-hydrogen) atoms. The zero-order valence-electron chi connectivity index (χ0n) is 21.5. The molecule has 1 amide bonds. The number of anilines is 1. The van der Waals surface area contributed by atoms with Gasteiger partial charge in [0.15, 0.2) is 5.65 Å². The fourth-order valence-electron chi connectivity index (χ4n) is 5.05. The minimum atomic E-state index is -0.144. The molecule has 1 aliphatic heterocycles. The Morgan fingerprint density at radius 3 is 2.44 bits per heavy atom. The van der Waals surface area contributed by atoms with Crippen LogP contribution in [0.4, 0.5) is 5.82 Å². The monoisotopic (exact) mass is 519 g/mol. The maximum Gasteiger partial charge on any atom is 0.264 e. The van der Waals surface area contributed by atoms with Crippen molar-refractivity contribution in [1.82, 2.24) is 24.6 Å². The lowest BCUT2D eigenvalue weighted by Gasteiger charge is -2.31. The van der Waals surface area contributed by atoms with Crippen LogP contribution in [0.25, 0.3) is 22.3 Å². The number of benzene rings is 2. The molecule has 2 aromatic heterocycles. The Hall–Kier alpha value is -4.71. The molecule has 9 nitrogen and oxygen atoms in total. The lowest BCUT2D eigenvalue weighted by Crippen LogP contribution is -2.40. The molecule has 2 aliphatic rings. The zero-order valence-corrected chi connectivity index (χ0v) is 21.5. The minimum Gasteiger partial charge on any atom is -0.457 e. The lowest BCUT2D eigenvalue weighted by molar-refractivity contribution is -0.128. The molecule has 0 atom stereocenters. The van der Waals surface area contributed by atoms with Crippen LogP contribution in [0.1, 0.15) is 25.7 Å². The van der Waals surface area contributed by atoms with Crippen LogP contribution in [-0.4, -0.2) is 43.6 Å². The number of aromatic nitrogens is 4. The van der Waals surface area contributed by atoms with Gasteiger partial charge in [0.1, 0.15) is 41.0 Å². The number of rotatable bonds is 7. The Bertz CT molecular complexity index is 1560. The normalized spacial score (nSPS) is 16.3. The highest BCUT2D eigenvalue weighted by Crippen LogP contribution is 2.34. The van der Waals surface area contributed by atoms with Crippen molar-refractivity contribution in [1.29, 1.82) is 5.26 Å². The number of likely N-dealkylation sites (tertiary alicyclic amines) is 1. The van der Waals surface area contributed by atoms with E-state index in [9.17, 15) is 10.1 Å². The van der Waals surface area contributed by atoms with Gasteiger partial charge >= 0.3 is 0 Å². The van der Waals surface area contributed by atoms with Crippen molar-refractivity contribution in [2.24, 2.45) is 11.8 Å². The van der Waals surface area contributed by atoms with Crippen LogP contribution >= 0.6 is 0 Å². The number of nitrogen functional groups attached to an aromatic ring is 1. The van der Waals surface area contributed by atoms with Crippen molar-refractivity contribution in [3.63, 3.8) is 0 Å². The van der Waals surface area contributed by atoms with Crippen LogP contribution in [0.5, 0.6) is 11.5 Å². The summed E-state index contributed by atoms with van der Waals surface area (Å²) in [5.41, 5.74) is 8.90. The summed E-state index contributed by atoms with van der Waals surface area (Å²) in [5, 5.41) is 15.1. The van der Waals surface area contributed by atoms with E-state index in [4.69, 9.17) is 15.6 Å². The van der Waals surface area contributed by atoms with Gasteiger partial charge in [-0.3, -0.25) is 4.79 Å². The SMILES string of the molecule is N#C/C(=C\C1CC1)C(=O)N1CCC(Cn2nc(-c3ccc(Oc4ccccc4)cc3)c3c(N)ncnc32)CC1. The molecule has 2 fully saturated rings. The fourth-order valence-corrected chi connectivity index (χ4v) is 5.05. The summed E-state index contributed by atoms with van der Waals surface area (Å²) < 4.78 is 7.84. The maximum absolute atomic E-state index is 12.8. The molecule has 6 rings (SSSR count). The fraction of sp³-hybridized carbons (Fsp3) is 0.300. The second-order valence-corrected chi connectivity index (χ2v) is 10.2. The van der Waals surface area contributed by atoms with E-state index in [1.807, 2.05) is 65.4 Å². The van der Waals surface area contributed by atoms with Crippen molar-refractivity contribution in [2.45, 2.75) is 32.2 Å². The zero-order chi connectivity index (χ0) is 26.8. The first kappa shape index (κ1) is 24.6. The number of ether oxygens (including phenoxy) is 1. The molecule has 1 saturated carbocycles. The molecule has 2 aromatic carbocycles. The summed E-state index contributed by atoms with van der Waals surface area (Å²) in [6, 6.07) is 19.5. The molecule has 1 saturated heterocycles. The predicted molar refractivity (Wildman–Crippen MR) is 147 cm³/mol. The number of nitrogens with zero attached hydrogens (tertiary/aromatic N) is 6. The first-order valence-electron chi connectivity index (χ1n) is 13.3. The molecule has 4 aromatic rings. The highest BCUT2D eigenvalue weighted by atomic mass is 16.5. The molecule has 0 bridgehead atoms. The van der Waals surface area contributed by atoms with Gasteiger partial charge in [-0.05, 0) is 73.9 Å². The minimum absolute atomic E-state index is 0.144. The first-order valence-corrected chi connectivity index (χ1v) is 13.3. The van der Waals surface area contributed by atoms with Crippen LogP contribution in [0.3, 0.4) is 0 Å². The molecule has 0 unspecified atom stereocenters. The summed E-state index contributed by atoms with van der Waals surface area (Å²) in [6.45, 7) is 1.91. The van der Waals surface area contributed by atoms with Gasteiger partial charge in [0.2, 0.25) is 0 Å². The van der Waals surface area contributed by atoms with Gasteiger partial charge < -0.3 is 15.4 Å². The Morgan fingerprint density at radius 2 is 1.74 bits per heavy atom. The number of carbonyl (C=O) groups is 1. The first-order chi connectivity index (χ1) is 19.1. The number of nitrogens with two attached hydrogens (primary N) is 1. The highest BCUT2D eigenvalue weighted by Gasteiger charge is 2.28. The van der Waals surface area contributed by atoms with Gasteiger partial charge in [0, 0.05) is 25.2 Å². The second kappa shape index (κ2) is 10.6. The molecule has 196 valence electrons. The van der Waals surface area contributed by atoms with Crippen LogP contribution in [0.15, 0.2) is 72.6 Å². The average Bonchev–Trinajstić information content (AvgIpc) is 3.72. The quantitative estimate of drug-likeness (QED) is 0.270. The molecule has 3 heterocycles. The third kappa shape index (κ3) is 5.32. The smallest absolute Gasteiger partial charge is 0.264 e. The van der Waals surface area contributed by atoms with Crippen LogP contribution < -0.4 is 10.5 Å². The number of hydrogen-bond donors (Lipinski definition) is 1. The van der Waals surface area contributed by atoms with Gasteiger partial charge in [-0.25, -0.2) is 14.6 Å². The molecule has 0 spiro atoms. The molecule has 0 radical (unpaired) electrons. The largest absolute Gasteiger partial charge is 0.457 e. The summed E-state index contributed by atoms with van der Waals surface area (Å²) in [5.74, 6) is 2.46. The second-order valence-electron chi connectivity index (χ2n) is 10.2. The number of hydrogen-bond acceptors (Lipinski definition) is 7. The predicted octanol–water partition coefficient (Wildman–Crippen LogP) is 4.97. The van der Waals surface area contributed by atoms with E-state index in [0.717, 1.165) is 53.8 Å². The Labute approximate surface area is 226 Å². The average molecular weight is 520 g/mol. The number of carbonyl (C=O) groups excluding carboxylic acids is 1. The van der Waals surface area contributed by atoms with Crippen molar-refractivity contribution >= 4 is 22.8 Å². The molecular weight excluding hydrogens is 490 g/mol. The van der Waals surface area contributed by atoms with Gasteiger partial charge in [-0.15, -0.1) is 0 Å². The standard InChI is InChI=1S/C30H29N7O2/c31-17-23(16-20-6-7-20)30(38)36-14-12-21(13-15-36)18-37-29-26(28(32)33-19-34-29)27(35-37)22-8-10-25(11-9-22)39-24-4-2-1-3-5-24/h1-5,8-11,16,19-21H,6-7,12-15,18H2,(H2,32,33,34)/b23-16+. The van der Waals surface area contributed by atoms with Crippen molar-refractivity contribution in [2.75, 3.05) is 18.8 Å². The number of nitriles is 1. The molecular formula is C30H29N7O2. The van der Waals surface area contributed by atoms with Gasteiger partial charge in [0.05, 0.1) is 5.39 Å². The number of allylic oxidation sites excluding steroid dienone is 1. The lowest BCUT2D eigenvalue weighted by atomic mass is 9.96. The number of piperidine rings is 1. The summed E-state index contributed by atoms with van der Waals surface area (Å²) >= 11 is 0. The van der Waals surface area contributed by atoms with Crippen molar-refractivity contribution in [3.8, 4) is 28.8 Å². The van der Waals surface area contributed by atoms with Crippen LogP contribution in [0, 0.1) is 23.2 Å². The van der Waals surface area contributed by atoms with Crippen molar-refractivity contribution in [3.05, 3.63) is 72.6 Å². The topological polar surface area (TPSA) is 123 Å². The number of amides is 1. The van der Waals surface area contributed by atoms with E-state index in [0.29, 0.717) is 42.9 Å². The molecule has 9 heteroatoms. The van der Waals surface area contributed by atoms with Crippen LogP contribution in [-0.2, 0) is 11.3 Å². The Balaban J connectivity index is 1.18. The van der Waals surface area contributed by atoms with Crippen LogP contribution in [0.2, 0.25) is 0 Å². The van der Waals surface area contributed by atoms with Gasteiger partial charge in [-0.2, -0.15) is 10.4 Å². The van der Waals surface area contributed by atoms with E-state index in [1.165, 1.54) is 6.33 Å². The summed E-state index contributed by atoms with van der Waals surface area (Å²) in [4.78, 5) is 23.4. The Kier molecular flexibility index (Phi) is 6.68. The number of fused-ring (bicyclic) bond motifs is 1. The van der Waals surface area contributed by atoms with E-state index in [1.54, 1.807) is 4.90 Å². The Morgan fingerprint density at radius 1 is 1.03 bits per heavy atom. The van der Waals surface area contributed by atoms with Gasteiger partial charge in [-0.1, -0.05) is 24.3 Å². The molecule has 1 aliphatic carbocycles. The summed E-state index contributed by atoms with van der Waals surface area (Å²) in [7, 11) is 0. The van der Waals surface area contributed by atoms with Gasteiger partial charge in [0.25, 0.3) is 5.91 Å². The molecule has 2 N–H and O–H groups in total. The van der Waals surface area contributed by atoms with E-state index < -0.39 is 0 Å². The maximum atomic E-state index is 12.8. The van der Waals surface area contributed by atoms with E-state index in [2.05, 4.69) is 16.0 Å².